The van der Waals surface area contributed by atoms with Gasteiger partial charge in [-0.15, -0.1) is 0 Å². The smallest absolute Gasteiger partial charge is 0.338 e. The summed E-state index contributed by atoms with van der Waals surface area (Å²) in [4.78, 5) is 40.6. The Labute approximate surface area is 207 Å². The lowest BCUT2D eigenvalue weighted by atomic mass is 10.1. The second-order valence-corrected chi connectivity index (χ2v) is 8.47. The van der Waals surface area contributed by atoms with Gasteiger partial charge in [-0.1, -0.05) is 6.08 Å². The van der Waals surface area contributed by atoms with Gasteiger partial charge in [-0.25, -0.2) is 9.78 Å². The minimum absolute atomic E-state index is 0.00539. The molecule has 0 saturated carbocycles. The summed E-state index contributed by atoms with van der Waals surface area (Å²) in [6.45, 7) is 2.00. The van der Waals surface area contributed by atoms with Crippen molar-refractivity contribution in [3.05, 3.63) is 108 Å². The second-order valence-electron chi connectivity index (χ2n) is 7.22. The Kier molecular flexibility index (Phi) is 6.82. The first-order valence-corrected chi connectivity index (χ1v) is 11.4. The van der Waals surface area contributed by atoms with Gasteiger partial charge >= 0.3 is 5.97 Å². The van der Waals surface area contributed by atoms with Crippen LogP contribution in [0.15, 0.2) is 71.5 Å². The normalized spacial score (nSPS) is 11.1. The van der Waals surface area contributed by atoms with E-state index in [2.05, 4.69) is 27.6 Å². The van der Waals surface area contributed by atoms with Gasteiger partial charge in [0.15, 0.2) is 0 Å². The van der Waals surface area contributed by atoms with Gasteiger partial charge < -0.3 is 4.74 Å². The summed E-state index contributed by atoms with van der Waals surface area (Å²) in [6, 6.07) is 18.0. The molecule has 9 heteroatoms. The Balaban J connectivity index is 1.83. The number of esters is 1. The van der Waals surface area contributed by atoms with Gasteiger partial charge in [-0.3, -0.25) is 19.5 Å². The number of fused-ring (bicyclic) bond motifs is 1. The van der Waals surface area contributed by atoms with Crippen LogP contribution in [0.2, 0.25) is 0 Å². The van der Waals surface area contributed by atoms with E-state index in [1.807, 2.05) is 6.07 Å². The maximum absolute atomic E-state index is 13.5. The van der Waals surface area contributed by atoms with Crippen LogP contribution in [-0.4, -0.2) is 27.1 Å². The number of nitro groups is 1. The predicted octanol–water partition coefficient (Wildman–Crippen LogP) is 5.25. The van der Waals surface area contributed by atoms with Gasteiger partial charge in [0.05, 0.1) is 33.7 Å². The minimum Gasteiger partial charge on any atom is -0.462 e. The standard InChI is InChI=1S/C25H18IN3O5/c1-2-34-25(31)17-6-11-19(12-7-17)28-23(14-5-16-3-9-20(10-4-16)29(32)33)27-22-13-8-18(26)15-21(22)24(28)30/h3-15H,2H2,1H3/b14-5+. The van der Waals surface area contributed by atoms with Crippen LogP contribution in [0.1, 0.15) is 28.7 Å². The first-order valence-electron chi connectivity index (χ1n) is 10.3. The molecule has 0 unspecified atom stereocenters. The lowest BCUT2D eigenvalue weighted by Crippen LogP contribution is -2.22. The second kappa shape index (κ2) is 9.96. The molecular formula is C25H18IN3O5. The van der Waals surface area contributed by atoms with Crippen molar-refractivity contribution in [2.75, 3.05) is 6.61 Å². The fourth-order valence-electron chi connectivity index (χ4n) is 3.38. The third-order valence-electron chi connectivity index (χ3n) is 5.02. The predicted molar refractivity (Wildman–Crippen MR) is 138 cm³/mol. The summed E-state index contributed by atoms with van der Waals surface area (Å²) < 4.78 is 7.40. The van der Waals surface area contributed by atoms with E-state index in [0.29, 0.717) is 33.5 Å². The highest BCUT2D eigenvalue weighted by Gasteiger charge is 2.13. The molecule has 0 atom stereocenters. The van der Waals surface area contributed by atoms with Crippen molar-refractivity contribution in [3.63, 3.8) is 0 Å². The minimum atomic E-state index is -0.461. The van der Waals surface area contributed by atoms with Crippen LogP contribution in [0.25, 0.3) is 28.7 Å². The molecule has 34 heavy (non-hydrogen) atoms. The summed E-state index contributed by atoms with van der Waals surface area (Å²) in [5, 5.41) is 11.4. The fourth-order valence-corrected chi connectivity index (χ4v) is 3.87. The van der Waals surface area contributed by atoms with E-state index in [1.54, 1.807) is 67.6 Å². The maximum atomic E-state index is 13.5. The van der Waals surface area contributed by atoms with Crippen LogP contribution >= 0.6 is 22.6 Å². The molecule has 3 aromatic carbocycles. The van der Waals surface area contributed by atoms with Crippen molar-refractivity contribution in [2.45, 2.75) is 6.92 Å². The molecule has 4 rings (SSSR count). The zero-order valence-corrected chi connectivity index (χ0v) is 20.1. The Hall–Kier alpha value is -3.86. The number of hydrogen-bond acceptors (Lipinski definition) is 6. The van der Waals surface area contributed by atoms with E-state index in [4.69, 9.17) is 4.74 Å². The molecule has 0 aliphatic heterocycles. The first kappa shape index (κ1) is 23.3. The van der Waals surface area contributed by atoms with Crippen molar-refractivity contribution in [3.8, 4) is 5.69 Å². The molecule has 0 N–H and O–H groups in total. The van der Waals surface area contributed by atoms with Crippen LogP contribution < -0.4 is 5.56 Å². The van der Waals surface area contributed by atoms with Gasteiger partial charge in [0.25, 0.3) is 11.2 Å². The number of halogens is 1. The summed E-state index contributed by atoms with van der Waals surface area (Å²) in [7, 11) is 0. The zero-order valence-electron chi connectivity index (χ0n) is 18.0. The third-order valence-corrected chi connectivity index (χ3v) is 5.69. The van der Waals surface area contributed by atoms with E-state index < -0.39 is 10.9 Å². The average molecular weight is 567 g/mol. The monoisotopic (exact) mass is 567 g/mol. The molecule has 170 valence electrons. The SMILES string of the molecule is CCOC(=O)c1ccc(-n2c(/C=C/c3ccc([N+](=O)[O-])cc3)nc3ccc(I)cc3c2=O)cc1. The number of carbonyl (C=O) groups excluding carboxylic acids is 1. The van der Waals surface area contributed by atoms with E-state index in [9.17, 15) is 19.7 Å². The topological polar surface area (TPSA) is 104 Å². The molecule has 1 aromatic heterocycles. The number of ether oxygens (including phenoxy) is 1. The Bertz CT molecular complexity index is 1480. The zero-order chi connectivity index (χ0) is 24.2. The van der Waals surface area contributed by atoms with Crippen LogP contribution in [0.5, 0.6) is 0 Å². The molecular weight excluding hydrogens is 549 g/mol. The molecule has 0 aliphatic rings. The van der Waals surface area contributed by atoms with E-state index in [-0.39, 0.29) is 17.9 Å². The van der Waals surface area contributed by atoms with Gasteiger partial charge in [0.1, 0.15) is 5.82 Å². The van der Waals surface area contributed by atoms with Gasteiger partial charge in [-0.2, -0.15) is 0 Å². The molecule has 0 aliphatic carbocycles. The highest BCUT2D eigenvalue weighted by molar-refractivity contribution is 14.1. The molecule has 0 radical (unpaired) electrons. The molecule has 0 spiro atoms. The summed E-state index contributed by atoms with van der Waals surface area (Å²) in [6.07, 6.45) is 3.41. The molecule has 0 saturated heterocycles. The highest BCUT2D eigenvalue weighted by atomic mass is 127. The molecule has 4 aromatic rings. The van der Waals surface area contributed by atoms with E-state index in [0.717, 1.165) is 3.57 Å². The number of nitro benzene ring substituents is 1. The molecule has 1 heterocycles. The van der Waals surface area contributed by atoms with Crippen molar-refractivity contribution in [2.24, 2.45) is 0 Å². The number of nitrogens with zero attached hydrogens (tertiary/aromatic N) is 3. The number of carbonyl (C=O) groups is 1. The Morgan fingerprint density at radius 3 is 2.44 bits per heavy atom. The number of hydrogen-bond donors (Lipinski definition) is 0. The summed E-state index contributed by atoms with van der Waals surface area (Å²) in [5.41, 5.74) is 1.92. The molecule has 0 amide bonds. The number of aromatic nitrogens is 2. The van der Waals surface area contributed by atoms with Crippen LogP contribution in [0.4, 0.5) is 5.69 Å². The van der Waals surface area contributed by atoms with E-state index >= 15 is 0 Å². The van der Waals surface area contributed by atoms with Crippen molar-refractivity contribution >= 4 is 57.3 Å². The third kappa shape index (κ3) is 4.88. The van der Waals surface area contributed by atoms with Crippen LogP contribution in [0.3, 0.4) is 0 Å². The van der Waals surface area contributed by atoms with E-state index in [1.165, 1.54) is 16.7 Å². The molecule has 0 bridgehead atoms. The summed E-state index contributed by atoms with van der Waals surface area (Å²) >= 11 is 2.14. The highest BCUT2D eigenvalue weighted by Crippen LogP contribution is 2.19. The van der Waals surface area contributed by atoms with Crippen molar-refractivity contribution in [1.29, 1.82) is 0 Å². The number of benzene rings is 3. The van der Waals surface area contributed by atoms with Crippen molar-refractivity contribution in [1.82, 2.24) is 9.55 Å². The van der Waals surface area contributed by atoms with Gasteiger partial charge in [0.2, 0.25) is 0 Å². The quantitative estimate of drug-likeness (QED) is 0.137. The maximum Gasteiger partial charge on any atom is 0.338 e. The largest absolute Gasteiger partial charge is 0.462 e. The Morgan fingerprint density at radius 2 is 1.79 bits per heavy atom. The lowest BCUT2D eigenvalue weighted by Gasteiger charge is -2.12. The number of rotatable bonds is 6. The van der Waals surface area contributed by atoms with Gasteiger partial charge in [0, 0.05) is 15.7 Å². The fraction of sp³-hybridized carbons (Fsp3) is 0.0800. The van der Waals surface area contributed by atoms with Gasteiger partial charge in [-0.05, 0) is 95.8 Å². The number of non-ortho nitro benzene ring substituents is 1. The lowest BCUT2D eigenvalue weighted by molar-refractivity contribution is -0.384. The molecule has 8 nitrogen and oxygen atoms in total. The van der Waals surface area contributed by atoms with Crippen LogP contribution in [0, 0.1) is 13.7 Å². The Morgan fingerprint density at radius 1 is 1.09 bits per heavy atom. The van der Waals surface area contributed by atoms with Crippen molar-refractivity contribution < 1.29 is 14.5 Å². The average Bonchev–Trinajstić information content (AvgIpc) is 2.84. The van der Waals surface area contributed by atoms with Crippen LogP contribution in [-0.2, 0) is 4.74 Å². The summed E-state index contributed by atoms with van der Waals surface area (Å²) in [5.74, 6) is -0.0631. The molecule has 0 fully saturated rings. The first-order chi connectivity index (χ1) is 16.4.